The Labute approximate surface area is 96.3 Å². The lowest BCUT2D eigenvalue weighted by atomic mass is 10.5. The van der Waals surface area contributed by atoms with Crippen LogP contribution in [0.2, 0.25) is 0 Å². The van der Waals surface area contributed by atoms with Crippen LogP contribution in [-0.4, -0.2) is 45.2 Å². The molecule has 0 bridgehead atoms. The van der Waals surface area contributed by atoms with E-state index < -0.39 is 0 Å². The van der Waals surface area contributed by atoms with Crippen LogP contribution in [0.25, 0.3) is 11.2 Å². The number of fused-ring (bicyclic) bond motifs is 1. The summed E-state index contributed by atoms with van der Waals surface area (Å²) in [4.78, 5) is 14.1. The SMILES string of the molecule is CSc1nc(N)c2c(n1)nc(N(C)C)n2O. The Hall–Kier alpha value is -1.70. The third-order valence-corrected chi connectivity index (χ3v) is 2.61. The maximum absolute atomic E-state index is 9.85. The molecule has 0 saturated heterocycles. The van der Waals surface area contributed by atoms with Crippen molar-refractivity contribution in [1.82, 2.24) is 19.7 Å². The summed E-state index contributed by atoms with van der Waals surface area (Å²) >= 11 is 1.37. The number of thioether (sulfide) groups is 1. The Balaban J connectivity index is 2.75. The molecule has 7 nitrogen and oxygen atoms in total. The van der Waals surface area contributed by atoms with E-state index in [1.165, 1.54) is 11.8 Å². The average molecular weight is 240 g/mol. The predicted octanol–water partition coefficient (Wildman–Crippen LogP) is 0.434. The lowest BCUT2D eigenvalue weighted by Crippen LogP contribution is -2.14. The quantitative estimate of drug-likeness (QED) is 0.446. The summed E-state index contributed by atoms with van der Waals surface area (Å²) in [7, 11) is 3.54. The molecule has 0 aromatic carbocycles. The smallest absolute Gasteiger partial charge is 0.241 e. The molecule has 0 saturated carbocycles. The molecule has 0 aliphatic heterocycles. The first-order chi connectivity index (χ1) is 7.54. The van der Waals surface area contributed by atoms with Gasteiger partial charge in [0.05, 0.1) is 0 Å². The van der Waals surface area contributed by atoms with Crippen LogP contribution in [0.5, 0.6) is 0 Å². The Morgan fingerprint density at radius 3 is 2.56 bits per heavy atom. The van der Waals surface area contributed by atoms with Gasteiger partial charge in [-0.05, 0) is 6.26 Å². The predicted molar refractivity (Wildman–Crippen MR) is 63.0 cm³/mol. The van der Waals surface area contributed by atoms with Crippen molar-refractivity contribution in [1.29, 1.82) is 0 Å². The molecule has 2 rings (SSSR count). The normalized spacial score (nSPS) is 10.9. The number of imidazole rings is 1. The van der Waals surface area contributed by atoms with Gasteiger partial charge in [0.1, 0.15) is 0 Å². The molecule has 3 N–H and O–H groups in total. The van der Waals surface area contributed by atoms with Crippen molar-refractivity contribution in [2.75, 3.05) is 31.0 Å². The van der Waals surface area contributed by atoms with Crippen molar-refractivity contribution < 1.29 is 5.21 Å². The Morgan fingerprint density at radius 2 is 2.00 bits per heavy atom. The maximum atomic E-state index is 9.85. The standard InChI is InChI=1S/C8H12N6OS/c1-13(2)8-12-6-4(14(8)15)5(9)10-7(11-6)16-3/h15H,1-3H3,(H2,9,10,11). The number of rotatable bonds is 2. The van der Waals surface area contributed by atoms with Crippen LogP contribution >= 0.6 is 11.8 Å². The monoisotopic (exact) mass is 240 g/mol. The van der Waals surface area contributed by atoms with Gasteiger partial charge < -0.3 is 15.8 Å². The minimum absolute atomic E-state index is 0.220. The van der Waals surface area contributed by atoms with Crippen LogP contribution in [0.15, 0.2) is 5.16 Å². The lowest BCUT2D eigenvalue weighted by molar-refractivity contribution is 0.202. The maximum Gasteiger partial charge on any atom is 0.241 e. The first-order valence-electron chi connectivity index (χ1n) is 4.51. The zero-order valence-electron chi connectivity index (χ0n) is 9.17. The van der Waals surface area contributed by atoms with E-state index in [9.17, 15) is 5.21 Å². The first kappa shape index (κ1) is 10.8. The van der Waals surface area contributed by atoms with Gasteiger partial charge in [-0.3, -0.25) is 0 Å². The molecule has 2 aromatic rings. The highest BCUT2D eigenvalue weighted by molar-refractivity contribution is 7.98. The molecule has 0 aliphatic carbocycles. The van der Waals surface area contributed by atoms with Crippen LogP contribution in [-0.2, 0) is 0 Å². The number of nitrogens with two attached hydrogens (primary N) is 1. The van der Waals surface area contributed by atoms with E-state index in [0.717, 1.165) is 4.73 Å². The van der Waals surface area contributed by atoms with Crippen molar-refractivity contribution in [2.45, 2.75) is 5.16 Å². The second-order valence-electron chi connectivity index (χ2n) is 3.39. The Morgan fingerprint density at radius 1 is 1.31 bits per heavy atom. The minimum Gasteiger partial charge on any atom is -0.425 e. The molecule has 0 radical (unpaired) electrons. The minimum atomic E-state index is 0.220. The van der Waals surface area contributed by atoms with E-state index in [0.29, 0.717) is 22.3 Å². The van der Waals surface area contributed by atoms with E-state index in [1.807, 2.05) is 6.26 Å². The van der Waals surface area contributed by atoms with Gasteiger partial charge in [0, 0.05) is 14.1 Å². The first-order valence-corrected chi connectivity index (χ1v) is 5.73. The summed E-state index contributed by atoms with van der Waals surface area (Å²) in [6, 6.07) is 0. The van der Waals surface area contributed by atoms with Crippen molar-refractivity contribution in [3.05, 3.63) is 0 Å². The molecule has 86 valence electrons. The lowest BCUT2D eigenvalue weighted by Gasteiger charge is -2.09. The molecular formula is C8H12N6OS. The number of hydrogen-bond donors (Lipinski definition) is 2. The van der Waals surface area contributed by atoms with Gasteiger partial charge in [-0.25, -0.2) is 9.97 Å². The van der Waals surface area contributed by atoms with Gasteiger partial charge in [0.2, 0.25) is 5.95 Å². The average Bonchev–Trinajstić information content (AvgIpc) is 2.56. The molecule has 0 atom stereocenters. The van der Waals surface area contributed by atoms with Gasteiger partial charge in [0.25, 0.3) is 0 Å². The molecular weight excluding hydrogens is 228 g/mol. The summed E-state index contributed by atoms with van der Waals surface area (Å²) < 4.78 is 0.898. The van der Waals surface area contributed by atoms with Gasteiger partial charge in [-0.15, -0.1) is 4.73 Å². The van der Waals surface area contributed by atoms with E-state index in [2.05, 4.69) is 15.0 Å². The number of nitrogen functional groups attached to an aromatic ring is 1. The molecule has 0 fully saturated rings. The summed E-state index contributed by atoms with van der Waals surface area (Å²) in [5, 5.41) is 10.4. The third kappa shape index (κ3) is 1.51. The number of anilines is 2. The highest BCUT2D eigenvalue weighted by Crippen LogP contribution is 2.24. The van der Waals surface area contributed by atoms with Crippen molar-refractivity contribution >= 4 is 34.7 Å². The fourth-order valence-electron chi connectivity index (χ4n) is 1.34. The summed E-state index contributed by atoms with van der Waals surface area (Å²) in [6.07, 6.45) is 1.85. The molecule has 2 aromatic heterocycles. The van der Waals surface area contributed by atoms with Crippen molar-refractivity contribution in [3.8, 4) is 0 Å². The summed E-state index contributed by atoms with van der Waals surface area (Å²) in [5.74, 6) is 0.590. The summed E-state index contributed by atoms with van der Waals surface area (Å²) in [6.45, 7) is 0. The zero-order chi connectivity index (χ0) is 11.9. The molecule has 16 heavy (non-hydrogen) atoms. The topological polar surface area (TPSA) is 93.1 Å². The van der Waals surface area contributed by atoms with E-state index in [1.54, 1.807) is 19.0 Å². The van der Waals surface area contributed by atoms with Gasteiger partial charge >= 0.3 is 0 Å². The molecule has 0 amide bonds. The fourth-order valence-corrected chi connectivity index (χ4v) is 1.71. The largest absolute Gasteiger partial charge is 0.425 e. The summed E-state index contributed by atoms with van der Waals surface area (Å²) in [5.41, 5.74) is 6.47. The molecule has 0 unspecified atom stereocenters. The molecule has 8 heteroatoms. The fraction of sp³-hybridized carbons (Fsp3) is 0.375. The highest BCUT2D eigenvalue weighted by atomic mass is 32.2. The second-order valence-corrected chi connectivity index (χ2v) is 4.16. The third-order valence-electron chi connectivity index (χ3n) is 2.06. The second kappa shape index (κ2) is 3.71. The van der Waals surface area contributed by atoms with Crippen LogP contribution in [0.3, 0.4) is 0 Å². The van der Waals surface area contributed by atoms with Crippen LogP contribution in [0, 0.1) is 0 Å². The zero-order valence-corrected chi connectivity index (χ0v) is 9.99. The van der Waals surface area contributed by atoms with Crippen molar-refractivity contribution in [2.24, 2.45) is 0 Å². The van der Waals surface area contributed by atoms with E-state index in [-0.39, 0.29) is 5.82 Å². The van der Waals surface area contributed by atoms with Crippen LogP contribution in [0.4, 0.5) is 11.8 Å². The van der Waals surface area contributed by atoms with Gasteiger partial charge in [-0.1, -0.05) is 11.8 Å². The molecule has 0 aliphatic rings. The van der Waals surface area contributed by atoms with Gasteiger partial charge in [0.15, 0.2) is 22.1 Å². The van der Waals surface area contributed by atoms with E-state index in [4.69, 9.17) is 5.73 Å². The number of aromatic nitrogens is 4. The molecule has 2 heterocycles. The van der Waals surface area contributed by atoms with Crippen LogP contribution in [0.1, 0.15) is 0 Å². The van der Waals surface area contributed by atoms with Crippen LogP contribution < -0.4 is 10.6 Å². The number of hydrogen-bond acceptors (Lipinski definition) is 7. The highest BCUT2D eigenvalue weighted by Gasteiger charge is 2.17. The van der Waals surface area contributed by atoms with Gasteiger partial charge in [-0.2, -0.15) is 4.98 Å². The van der Waals surface area contributed by atoms with E-state index >= 15 is 0 Å². The van der Waals surface area contributed by atoms with Crippen molar-refractivity contribution in [3.63, 3.8) is 0 Å². The number of nitrogens with zero attached hydrogens (tertiary/aromatic N) is 5. The Bertz CT molecular complexity index is 537. The Kier molecular flexibility index (Phi) is 2.50. The molecule has 0 spiro atoms.